The molecule has 1 unspecified atom stereocenters. The Morgan fingerprint density at radius 1 is 1.27 bits per heavy atom. The Balaban J connectivity index is 0.00000320. The SMILES string of the molecule is CCc1nncn1CCNC(=NCC1CCCO1)NCCc1ccc(OC)cc1.I. The van der Waals surface area contributed by atoms with E-state index in [4.69, 9.17) is 14.5 Å². The third-order valence-corrected chi connectivity index (χ3v) is 5.00. The number of nitrogens with zero attached hydrogens (tertiary/aromatic N) is 4. The van der Waals surface area contributed by atoms with Crippen molar-refractivity contribution in [2.75, 3.05) is 33.4 Å². The summed E-state index contributed by atoms with van der Waals surface area (Å²) in [6.07, 6.45) is 6.02. The number of aliphatic imine (C=N–C) groups is 1. The second-order valence-electron chi connectivity index (χ2n) is 7.07. The summed E-state index contributed by atoms with van der Waals surface area (Å²) in [5, 5.41) is 15.0. The number of rotatable bonds is 10. The van der Waals surface area contributed by atoms with Gasteiger partial charge in [-0.1, -0.05) is 19.1 Å². The summed E-state index contributed by atoms with van der Waals surface area (Å²) < 4.78 is 13.0. The monoisotopic (exact) mass is 528 g/mol. The summed E-state index contributed by atoms with van der Waals surface area (Å²) >= 11 is 0. The van der Waals surface area contributed by atoms with Gasteiger partial charge in [0.05, 0.1) is 19.8 Å². The second kappa shape index (κ2) is 13.4. The normalized spacial score (nSPS) is 16.2. The van der Waals surface area contributed by atoms with Gasteiger partial charge in [0.15, 0.2) is 5.96 Å². The number of ether oxygens (including phenoxy) is 2. The van der Waals surface area contributed by atoms with Crippen molar-refractivity contribution >= 4 is 29.9 Å². The van der Waals surface area contributed by atoms with Gasteiger partial charge in [-0.3, -0.25) is 4.99 Å². The first kappa shape index (κ1) is 24.4. The van der Waals surface area contributed by atoms with Crippen LogP contribution in [0.3, 0.4) is 0 Å². The van der Waals surface area contributed by atoms with E-state index >= 15 is 0 Å². The van der Waals surface area contributed by atoms with Gasteiger partial charge in [-0.15, -0.1) is 34.2 Å². The lowest BCUT2D eigenvalue weighted by molar-refractivity contribution is 0.117. The Morgan fingerprint density at radius 3 is 2.77 bits per heavy atom. The summed E-state index contributed by atoms with van der Waals surface area (Å²) in [5.41, 5.74) is 1.26. The highest BCUT2D eigenvalue weighted by molar-refractivity contribution is 14.0. The summed E-state index contributed by atoms with van der Waals surface area (Å²) in [7, 11) is 1.68. The highest BCUT2D eigenvalue weighted by Crippen LogP contribution is 2.12. The van der Waals surface area contributed by atoms with E-state index in [-0.39, 0.29) is 30.1 Å². The highest BCUT2D eigenvalue weighted by Gasteiger charge is 2.15. The van der Waals surface area contributed by atoms with Gasteiger partial charge in [0.2, 0.25) is 0 Å². The van der Waals surface area contributed by atoms with Gasteiger partial charge in [0.1, 0.15) is 17.9 Å². The zero-order chi connectivity index (χ0) is 20.3. The predicted molar refractivity (Wildman–Crippen MR) is 129 cm³/mol. The van der Waals surface area contributed by atoms with Crippen molar-refractivity contribution in [3.05, 3.63) is 42.0 Å². The van der Waals surface area contributed by atoms with Gasteiger partial charge in [-0.25, -0.2) is 0 Å². The Labute approximate surface area is 195 Å². The molecule has 2 heterocycles. The third-order valence-electron chi connectivity index (χ3n) is 5.00. The molecule has 2 N–H and O–H groups in total. The fourth-order valence-corrected chi connectivity index (χ4v) is 3.31. The molecule has 1 aliphatic heterocycles. The number of methoxy groups -OCH3 is 1. The van der Waals surface area contributed by atoms with Gasteiger partial charge in [-0.05, 0) is 37.0 Å². The number of hydrogen-bond acceptors (Lipinski definition) is 5. The zero-order valence-electron chi connectivity index (χ0n) is 17.8. The average molecular weight is 528 g/mol. The summed E-state index contributed by atoms with van der Waals surface area (Å²) in [5.74, 6) is 2.69. The summed E-state index contributed by atoms with van der Waals surface area (Å²) in [6.45, 7) is 5.98. The molecule has 1 saturated heterocycles. The van der Waals surface area contributed by atoms with Crippen LogP contribution in [0.2, 0.25) is 0 Å². The molecule has 1 aliphatic rings. The van der Waals surface area contributed by atoms with Crippen molar-refractivity contribution in [3.8, 4) is 5.75 Å². The fraction of sp³-hybridized carbons (Fsp3) is 0.571. The Morgan fingerprint density at radius 2 is 2.07 bits per heavy atom. The number of guanidine groups is 1. The second-order valence-corrected chi connectivity index (χ2v) is 7.07. The van der Waals surface area contributed by atoms with E-state index in [0.29, 0.717) is 6.54 Å². The van der Waals surface area contributed by atoms with Gasteiger partial charge in [0.25, 0.3) is 0 Å². The van der Waals surface area contributed by atoms with E-state index in [2.05, 4.69) is 44.5 Å². The molecule has 1 fully saturated rings. The first-order chi connectivity index (χ1) is 14.3. The maximum absolute atomic E-state index is 5.70. The molecule has 1 aromatic carbocycles. The van der Waals surface area contributed by atoms with Crippen molar-refractivity contribution in [1.29, 1.82) is 0 Å². The van der Waals surface area contributed by atoms with Crippen LogP contribution in [-0.4, -0.2) is 60.2 Å². The lowest BCUT2D eigenvalue weighted by Crippen LogP contribution is -2.40. The number of aryl methyl sites for hydroxylation is 1. The quantitative estimate of drug-likeness (QED) is 0.280. The van der Waals surface area contributed by atoms with Crippen LogP contribution in [0, 0.1) is 0 Å². The zero-order valence-corrected chi connectivity index (χ0v) is 20.2. The van der Waals surface area contributed by atoms with Crippen molar-refractivity contribution in [3.63, 3.8) is 0 Å². The van der Waals surface area contributed by atoms with Crippen LogP contribution in [0.1, 0.15) is 31.2 Å². The van der Waals surface area contributed by atoms with E-state index in [1.807, 2.05) is 12.1 Å². The molecule has 0 bridgehead atoms. The smallest absolute Gasteiger partial charge is 0.191 e. The lowest BCUT2D eigenvalue weighted by Gasteiger charge is -2.15. The Bertz CT molecular complexity index is 759. The van der Waals surface area contributed by atoms with Crippen molar-refractivity contribution < 1.29 is 9.47 Å². The molecule has 3 rings (SSSR count). The lowest BCUT2D eigenvalue weighted by atomic mass is 10.1. The van der Waals surface area contributed by atoms with Gasteiger partial charge in [0, 0.05) is 32.7 Å². The standard InChI is InChI=1S/C21H32N6O2.HI/c1-3-20-26-25-16-27(20)13-12-23-21(24-15-19-5-4-14-29-19)22-11-10-17-6-8-18(28-2)9-7-17;/h6-9,16,19H,3-5,10-15H2,1-2H3,(H2,22,23,24);1H. The van der Waals surface area contributed by atoms with Gasteiger partial charge >= 0.3 is 0 Å². The number of halogens is 1. The van der Waals surface area contributed by atoms with Crippen molar-refractivity contribution in [2.45, 2.75) is 45.3 Å². The van der Waals surface area contributed by atoms with E-state index in [0.717, 1.165) is 69.5 Å². The molecule has 166 valence electrons. The Hall–Kier alpha value is -1.88. The molecule has 9 heteroatoms. The number of benzene rings is 1. The molecule has 1 atom stereocenters. The van der Waals surface area contributed by atoms with Crippen LogP contribution >= 0.6 is 24.0 Å². The molecule has 0 radical (unpaired) electrons. The summed E-state index contributed by atoms with van der Waals surface area (Å²) in [6, 6.07) is 8.17. The minimum absolute atomic E-state index is 0. The minimum Gasteiger partial charge on any atom is -0.497 e. The van der Waals surface area contributed by atoms with E-state index in [1.54, 1.807) is 13.4 Å². The van der Waals surface area contributed by atoms with E-state index in [9.17, 15) is 0 Å². The predicted octanol–water partition coefficient (Wildman–Crippen LogP) is 2.42. The van der Waals surface area contributed by atoms with Gasteiger partial charge in [-0.2, -0.15) is 0 Å². The molecule has 2 aromatic rings. The average Bonchev–Trinajstić information content (AvgIpc) is 3.44. The maximum Gasteiger partial charge on any atom is 0.191 e. The topological polar surface area (TPSA) is 85.6 Å². The molecule has 0 saturated carbocycles. The van der Waals surface area contributed by atoms with Crippen molar-refractivity contribution in [1.82, 2.24) is 25.4 Å². The van der Waals surface area contributed by atoms with Crippen LogP contribution in [-0.2, 0) is 24.1 Å². The fourth-order valence-electron chi connectivity index (χ4n) is 3.31. The minimum atomic E-state index is 0. The molecule has 30 heavy (non-hydrogen) atoms. The molecule has 1 aromatic heterocycles. The van der Waals surface area contributed by atoms with E-state index < -0.39 is 0 Å². The molecule has 0 amide bonds. The number of aromatic nitrogens is 3. The maximum atomic E-state index is 5.70. The van der Waals surface area contributed by atoms with Crippen LogP contribution in [0.25, 0.3) is 0 Å². The Kier molecular flexibility index (Phi) is 10.9. The largest absolute Gasteiger partial charge is 0.497 e. The summed E-state index contributed by atoms with van der Waals surface area (Å²) in [4.78, 5) is 4.73. The number of hydrogen-bond donors (Lipinski definition) is 2. The van der Waals surface area contributed by atoms with Crippen LogP contribution in [0.5, 0.6) is 5.75 Å². The van der Waals surface area contributed by atoms with E-state index in [1.165, 1.54) is 5.56 Å². The van der Waals surface area contributed by atoms with Gasteiger partial charge < -0.3 is 24.7 Å². The highest BCUT2D eigenvalue weighted by atomic mass is 127. The first-order valence-electron chi connectivity index (χ1n) is 10.4. The van der Waals surface area contributed by atoms with Crippen LogP contribution in [0.15, 0.2) is 35.6 Å². The molecular formula is C21H33IN6O2. The molecule has 8 nitrogen and oxygen atoms in total. The van der Waals surface area contributed by atoms with Crippen molar-refractivity contribution in [2.24, 2.45) is 4.99 Å². The molecule has 0 spiro atoms. The molecular weight excluding hydrogens is 495 g/mol. The first-order valence-corrected chi connectivity index (χ1v) is 10.4. The molecule has 0 aliphatic carbocycles. The van der Waals surface area contributed by atoms with Crippen LogP contribution < -0.4 is 15.4 Å². The number of nitrogens with one attached hydrogen (secondary N) is 2. The van der Waals surface area contributed by atoms with Crippen LogP contribution in [0.4, 0.5) is 0 Å². The third kappa shape index (κ3) is 7.75.